The summed E-state index contributed by atoms with van der Waals surface area (Å²) in [6.07, 6.45) is 8.38. The summed E-state index contributed by atoms with van der Waals surface area (Å²) in [6.45, 7) is -0.263. The van der Waals surface area contributed by atoms with Gasteiger partial charge in [-0.05, 0) is 76.9 Å². The van der Waals surface area contributed by atoms with Crippen LogP contribution in [-0.4, -0.2) is 29.4 Å². The molecule has 2 N–H and O–H groups in total. The topological polar surface area (TPSA) is 71.8 Å². The van der Waals surface area contributed by atoms with E-state index >= 15 is 0 Å². The predicted molar refractivity (Wildman–Crippen MR) is 143 cm³/mol. The number of benzene rings is 3. The van der Waals surface area contributed by atoms with E-state index in [1.165, 1.54) is 37.7 Å². The Morgan fingerprint density at radius 3 is 2.17 bits per heavy atom. The van der Waals surface area contributed by atoms with Crippen LogP contribution in [-0.2, 0) is 13.2 Å². The molecule has 0 radical (unpaired) electrons. The molecule has 0 amide bonds. The zero-order valence-corrected chi connectivity index (χ0v) is 21.0. The molecular weight excluding hydrogens is 450 g/mol. The van der Waals surface area contributed by atoms with Gasteiger partial charge in [0.2, 0.25) is 0 Å². The molecule has 0 aliphatic heterocycles. The molecule has 1 aliphatic carbocycles. The summed E-state index contributed by atoms with van der Waals surface area (Å²) in [4.78, 5) is 4.64. The van der Waals surface area contributed by atoms with Gasteiger partial charge in [-0.15, -0.1) is 0 Å². The van der Waals surface area contributed by atoms with Crippen LogP contribution in [0.4, 0.5) is 0 Å². The van der Waals surface area contributed by atoms with Gasteiger partial charge in [0.15, 0.2) is 11.5 Å². The summed E-state index contributed by atoms with van der Waals surface area (Å²) in [5.41, 5.74) is 7.53. The number of hydrogen-bond acceptors (Lipinski definition) is 5. The second-order valence-corrected chi connectivity index (χ2v) is 9.57. The van der Waals surface area contributed by atoms with Crippen molar-refractivity contribution in [2.75, 3.05) is 14.2 Å². The molecule has 1 aliphatic rings. The van der Waals surface area contributed by atoms with Crippen molar-refractivity contribution >= 4 is 10.9 Å². The first-order valence-corrected chi connectivity index (χ1v) is 12.6. The Hall–Kier alpha value is -3.41. The summed E-state index contributed by atoms with van der Waals surface area (Å²) in [7, 11) is 3.32. The quantitative estimate of drug-likeness (QED) is 0.309. The normalized spacial score (nSPS) is 14.2. The number of aromatic nitrogens is 1. The van der Waals surface area contributed by atoms with E-state index in [1.54, 1.807) is 14.2 Å². The molecule has 3 aromatic carbocycles. The van der Waals surface area contributed by atoms with Crippen molar-refractivity contribution in [3.63, 3.8) is 0 Å². The minimum atomic E-state index is -0.132. The maximum atomic E-state index is 9.72. The summed E-state index contributed by atoms with van der Waals surface area (Å²) in [6, 6.07) is 18.8. The van der Waals surface area contributed by atoms with Gasteiger partial charge in [0, 0.05) is 22.7 Å². The van der Waals surface area contributed by atoms with Gasteiger partial charge in [-0.1, -0.05) is 43.5 Å². The lowest BCUT2D eigenvalue weighted by atomic mass is 9.83. The highest BCUT2D eigenvalue weighted by Crippen LogP contribution is 2.43. The molecule has 0 spiro atoms. The Morgan fingerprint density at radius 1 is 0.778 bits per heavy atom. The Balaban J connectivity index is 1.57. The van der Waals surface area contributed by atoms with Crippen LogP contribution in [0.25, 0.3) is 33.2 Å². The minimum Gasteiger partial charge on any atom is -0.493 e. The van der Waals surface area contributed by atoms with Gasteiger partial charge in [-0.3, -0.25) is 4.98 Å². The van der Waals surface area contributed by atoms with E-state index in [9.17, 15) is 10.2 Å². The first-order valence-electron chi connectivity index (χ1n) is 12.6. The van der Waals surface area contributed by atoms with E-state index in [1.807, 2.05) is 24.4 Å². The Bertz CT molecular complexity index is 1360. The molecule has 0 unspecified atom stereocenters. The molecule has 186 valence electrons. The number of methoxy groups -OCH3 is 2. The Kier molecular flexibility index (Phi) is 7.21. The van der Waals surface area contributed by atoms with Gasteiger partial charge in [0.1, 0.15) is 0 Å². The molecule has 36 heavy (non-hydrogen) atoms. The zero-order valence-electron chi connectivity index (χ0n) is 21.0. The van der Waals surface area contributed by atoms with E-state index in [2.05, 4.69) is 41.4 Å². The number of aliphatic hydroxyl groups excluding tert-OH is 2. The summed E-state index contributed by atoms with van der Waals surface area (Å²) >= 11 is 0. The SMILES string of the molecule is COc1cc(-c2cnc3cc(CO)c(CO)cc3c2)cc(-c2ccc(C3CCCCC3)cc2)c1OC. The average molecular weight is 484 g/mol. The number of pyridine rings is 1. The fraction of sp³-hybridized carbons (Fsp3) is 0.323. The Morgan fingerprint density at radius 2 is 1.50 bits per heavy atom. The molecule has 1 fully saturated rings. The molecule has 1 saturated carbocycles. The largest absolute Gasteiger partial charge is 0.493 e. The van der Waals surface area contributed by atoms with Gasteiger partial charge in [-0.25, -0.2) is 0 Å². The van der Waals surface area contributed by atoms with Crippen LogP contribution in [0.3, 0.4) is 0 Å². The maximum absolute atomic E-state index is 9.72. The molecule has 5 heteroatoms. The van der Waals surface area contributed by atoms with Crippen molar-refractivity contribution in [2.24, 2.45) is 0 Å². The van der Waals surface area contributed by atoms with Crippen molar-refractivity contribution in [3.05, 3.63) is 77.5 Å². The monoisotopic (exact) mass is 483 g/mol. The molecular formula is C31H33NO4. The van der Waals surface area contributed by atoms with Crippen LogP contribution in [0.2, 0.25) is 0 Å². The average Bonchev–Trinajstić information content (AvgIpc) is 2.95. The standard InChI is InChI=1S/C31H33NO4/c1-35-30-16-23(25-12-24-13-26(18-33)27(19-34)15-29(24)32-17-25)14-28(31(30)36-2)22-10-8-21(9-11-22)20-6-4-3-5-7-20/h8-17,20,33-34H,3-7,18-19H2,1-2H3. The highest BCUT2D eigenvalue weighted by atomic mass is 16.5. The third-order valence-corrected chi connectivity index (χ3v) is 7.45. The summed E-state index contributed by atoms with van der Waals surface area (Å²) in [5.74, 6) is 2.03. The van der Waals surface area contributed by atoms with E-state index in [0.717, 1.165) is 33.2 Å². The fourth-order valence-corrected chi connectivity index (χ4v) is 5.44. The van der Waals surface area contributed by atoms with E-state index < -0.39 is 0 Å². The fourth-order valence-electron chi connectivity index (χ4n) is 5.44. The van der Waals surface area contributed by atoms with E-state index in [4.69, 9.17) is 9.47 Å². The maximum Gasteiger partial charge on any atom is 0.168 e. The first-order chi connectivity index (χ1) is 17.6. The molecule has 0 saturated heterocycles. The number of fused-ring (bicyclic) bond motifs is 1. The number of aliphatic hydroxyl groups is 2. The number of hydrogen-bond donors (Lipinski definition) is 2. The van der Waals surface area contributed by atoms with Crippen LogP contribution in [0.15, 0.2) is 60.8 Å². The van der Waals surface area contributed by atoms with Crippen molar-refractivity contribution in [3.8, 4) is 33.8 Å². The van der Waals surface area contributed by atoms with Gasteiger partial charge >= 0.3 is 0 Å². The van der Waals surface area contributed by atoms with Gasteiger partial charge in [0.25, 0.3) is 0 Å². The highest BCUT2D eigenvalue weighted by molar-refractivity contribution is 5.87. The van der Waals surface area contributed by atoms with Crippen LogP contribution < -0.4 is 9.47 Å². The van der Waals surface area contributed by atoms with Gasteiger partial charge < -0.3 is 19.7 Å². The van der Waals surface area contributed by atoms with Crippen LogP contribution in [0, 0.1) is 0 Å². The lowest BCUT2D eigenvalue weighted by molar-refractivity contribution is 0.260. The number of rotatable bonds is 7. The lowest BCUT2D eigenvalue weighted by Crippen LogP contribution is -2.04. The summed E-state index contributed by atoms with van der Waals surface area (Å²) in [5, 5.41) is 20.2. The second kappa shape index (κ2) is 10.7. The molecule has 5 rings (SSSR count). The van der Waals surface area contributed by atoms with Crippen molar-refractivity contribution in [1.29, 1.82) is 0 Å². The van der Waals surface area contributed by atoms with Crippen LogP contribution in [0.5, 0.6) is 11.5 Å². The van der Waals surface area contributed by atoms with E-state index in [-0.39, 0.29) is 13.2 Å². The van der Waals surface area contributed by atoms with Crippen LogP contribution >= 0.6 is 0 Å². The summed E-state index contributed by atoms with van der Waals surface area (Å²) < 4.78 is 11.5. The minimum absolute atomic E-state index is 0.131. The third-order valence-electron chi connectivity index (χ3n) is 7.45. The molecule has 0 atom stereocenters. The number of nitrogens with zero attached hydrogens (tertiary/aromatic N) is 1. The zero-order chi connectivity index (χ0) is 25.1. The second-order valence-electron chi connectivity index (χ2n) is 9.57. The van der Waals surface area contributed by atoms with Crippen molar-refractivity contribution in [1.82, 2.24) is 4.98 Å². The van der Waals surface area contributed by atoms with Crippen LogP contribution in [0.1, 0.15) is 54.7 Å². The van der Waals surface area contributed by atoms with Gasteiger partial charge in [-0.2, -0.15) is 0 Å². The highest BCUT2D eigenvalue weighted by Gasteiger charge is 2.18. The number of ether oxygens (including phenoxy) is 2. The molecule has 1 heterocycles. The molecule has 5 nitrogen and oxygen atoms in total. The first kappa shape index (κ1) is 24.3. The van der Waals surface area contributed by atoms with Crippen molar-refractivity contribution < 1.29 is 19.7 Å². The lowest BCUT2D eigenvalue weighted by Gasteiger charge is -2.22. The van der Waals surface area contributed by atoms with E-state index in [0.29, 0.717) is 28.5 Å². The molecule has 1 aromatic heterocycles. The van der Waals surface area contributed by atoms with Crippen molar-refractivity contribution in [2.45, 2.75) is 51.2 Å². The Labute approximate surface area is 212 Å². The van der Waals surface area contributed by atoms with Gasteiger partial charge in [0.05, 0.1) is 33.0 Å². The molecule has 4 aromatic rings. The smallest absolute Gasteiger partial charge is 0.168 e. The molecule has 0 bridgehead atoms. The predicted octanol–water partition coefficient (Wildman–Crippen LogP) is 6.62. The third kappa shape index (κ3) is 4.69.